The Kier molecular flexibility index (Phi) is 3.10. The van der Waals surface area contributed by atoms with Gasteiger partial charge in [-0.3, -0.25) is 9.11 Å². The van der Waals surface area contributed by atoms with Gasteiger partial charge in [0.25, 0.3) is 20.2 Å². The summed E-state index contributed by atoms with van der Waals surface area (Å²) >= 11 is 0. The van der Waals surface area contributed by atoms with E-state index in [2.05, 4.69) is 5.11 Å². The van der Waals surface area contributed by atoms with Crippen molar-refractivity contribution in [3.63, 3.8) is 0 Å². The van der Waals surface area contributed by atoms with Gasteiger partial charge in [-0.2, -0.15) is 21.9 Å². The fourth-order valence-corrected chi connectivity index (χ4v) is 2.07. The van der Waals surface area contributed by atoms with Crippen molar-refractivity contribution >= 4 is 25.9 Å². The molecule has 16 heavy (non-hydrogen) atoms. The van der Waals surface area contributed by atoms with E-state index in [1.807, 2.05) is 0 Å². The minimum atomic E-state index is -4.60. The van der Waals surface area contributed by atoms with Crippen molar-refractivity contribution in [3.05, 3.63) is 18.2 Å². The Morgan fingerprint density at radius 2 is 1.62 bits per heavy atom. The lowest BCUT2D eigenvalue weighted by molar-refractivity contribution is 0.478. The summed E-state index contributed by atoms with van der Waals surface area (Å²) in [6, 6.07) is 2.16. The third kappa shape index (κ3) is 2.61. The highest BCUT2D eigenvalue weighted by atomic mass is 32.2. The maximum atomic E-state index is 10.8. The molecule has 0 radical (unpaired) electrons. The van der Waals surface area contributed by atoms with Crippen LogP contribution in [-0.2, 0) is 20.2 Å². The van der Waals surface area contributed by atoms with Gasteiger partial charge >= 0.3 is 0 Å². The van der Waals surface area contributed by atoms with Crippen molar-refractivity contribution in [3.8, 4) is 0 Å². The third-order valence-corrected chi connectivity index (χ3v) is 3.38. The molecule has 0 aliphatic carbocycles. The van der Waals surface area contributed by atoms with E-state index in [-0.39, 0.29) is 0 Å². The summed E-state index contributed by atoms with van der Waals surface area (Å²) < 4.78 is 60.3. The Labute approximate surface area is 90.9 Å². The van der Waals surface area contributed by atoms with Crippen molar-refractivity contribution in [2.24, 2.45) is 5.11 Å². The van der Waals surface area contributed by atoms with Crippen LogP contribution in [0.5, 0.6) is 0 Å². The summed E-state index contributed by atoms with van der Waals surface area (Å²) in [5.41, 5.74) is 6.05. The number of nitrogens with zero attached hydrogens (tertiary/aromatic N) is 1. The summed E-state index contributed by atoms with van der Waals surface area (Å²) in [6.07, 6.45) is 0. The average Bonchev–Trinajstić information content (AvgIpc) is 2.14. The van der Waals surface area contributed by atoms with Gasteiger partial charge in [-0.25, -0.2) is 5.53 Å². The molecule has 0 heterocycles. The number of rotatable bonds is 3. The maximum absolute atomic E-state index is 10.8. The molecule has 0 aliphatic heterocycles. The van der Waals surface area contributed by atoms with E-state index in [4.69, 9.17) is 14.6 Å². The van der Waals surface area contributed by atoms with E-state index in [0.717, 1.165) is 12.1 Å². The van der Waals surface area contributed by atoms with Gasteiger partial charge in [0.2, 0.25) is 0 Å². The van der Waals surface area contributed by atoms with Crippen LogP contribution in [0.25, 0.3) is 0 Å². The lowest BCUT2D eigenvalue weighted by atomic mass is 10.3. The first-order chi connectivity index (χ1) is 7.16. The summed E-state index contributed by atoms with van der Waals surface area (Å²) in [6.45, 7) is 0. The van der Waals surface area contributed by atoms with Crippen LogP contribution < -0.4 is 0 Å². The molecular formula is C6H6N2O6S2. The molecule has 0 bridgehead atoms. The topological polar surface area (TPSA) is 145 Å². The van der Waals surface area contributed by atoms with Crippen molar-refractivity contribution in [1.82, 2.24) is 0 Å². The van der Waals surface area contributed by atoms with Crippen molar-refractivity contribution in [2.45, 2.75) is 9.79 Å². The van der Waals surface area contributed by atoms with Crippen LogP contribution in [0.3, 0.4) is 0 Å². The largest absolute Gasteiger partial charge is 0.296 e. The second kappa shape index (κ2) is 3.90. The van der Waals surface area contributed by atoms with E-state index >= 15 is 0 Å². The molecule has 10 heteroatoms. The first kappa shape index (κ1) is 12.7. The quantitative estimate of drug-likeness (QED) is 0.546. The van der Waals surface area contributed by atoms with Crippen molar-refractivity contribution in [1.29, 1.82) is 5.53 Å². The summed E-state index contributed by atoms with van der Waals surface area (Å²) in [4.78, 5) is -1.33. The smallest absolute Gasteiger partial charge is 0.282 e. The van der Waals surface area contributed by atoms with Gasteiger partial charge in [-0.05, 0) is 18.2 Å². The normalized spacial score (nSPS) is 12.4. The molecule has 0 unspecified atom stereocenters. The highest BCUT2D eigenvalue weighted by molar-refractivity contribution is 7.86. The minimum Gasteiger partial charge on any atom is -0.282 e. The van der Waals surface area contributed by atoms with E-state index in [1.165, 1.54) is 0 Å². The Bertz CT molecular complexity index is 633. The molecule has 0 spiro atoms. The average molecular weight is 266 g/mol. The molecule has 0 aromatic heterocycles. The molecule has 1 rings (SSSR count). The zero-order valence-electron chi connectivity index (χ0n) is 7.52. The van der Waals surface area contributed by atoms with E-state index in [1.54, 1.807) is 0 Å². The standard InChI is InChI=1S/C6H6N2O6S2/c7-8-5-3-4(15(9,10)11)1-2-6(5)16(12,13)14/h1-3,7H,(H,9,10,11)(H,12,13,14). The SMILES string of the molecule is N=Nc1cc(S(=O)(=O)O)ccc1S(=O)(=O)O. The molecule has 0 saturated heterocycles. The molecule has 0 aliphatic rings. The van der Waals surface area contributed by atoms with Gasteiger partial charge in [0.05, 0.1) is 4.90 Å². The monoisotopic (exact) mass is 266 g/mol. The minimum absolute atomic E-state index is 0.586. The molecule has 8 nitrogen and oxygen atoms in total. The molecule has 0 atom stereocenters. The fraction of sp³-hybridized carbons (Fsp3) is 0. The first-order valence-electron chi connectivity index (χ1n) is 3.63. The lowest BCUT2D eigenvalue weighted by Crippen LogP contribution is -2.02. The van der Waals surface area contributed by atoms with Crippen molar-refractivity contribution in [2.75, 3.05) is 0 Å². The van der Waals surface area contributed by atoms with Crippen LogP contribution in [0.2, 0.25) is 0 Å². The predicted octanol–water partition coefficient (Wildman–Crippen LogP) is 0.842. The Balaban J connectivity index is 3.58. The van der Waals surface area contributed by atoms with Crippen molar-refractivity contribution < 1.29 is 25.9 Å². The van der Waals surface area contributed by atoms with Crippen LogP contribution >= 0.6 is 0 Å². The molecule has 0 saturated carbocycles. The molecule has 3 N–H and O–H groups in total. The van der Waals surface area contributed by atoms with Gasteiger partial charge in [0.15, 0.2) is 0 Å². The number of benzene rings is 1. The lowest BCUT2D eigenvalue weighted by Gasteiger charge is -2.02. The molecular weight excluding hydrogens is 260 g/mol. The van der Waals surface area contributed by atoms with Gasteiger partial charge in [0.1, 0.15) is 10.6 Å². The number of nitrogens with one attached hydrogen (secondary N) is 1. The van der Waals surface area contributed by atoms with E-state index in [9.17, 15) is 16.8 Å². The highest BCUT2D eigenvalue weighted by Crippen LogP contribution is 2.26. The molecule has 88 valence electrons. The summed E-state index contributed by atoms with van der Waals surface area (Å²) in [7, 11) is -9.12. The molecule has 0 amide bonds. The Morgan fingerprint density at radius 1 is 1.06 bits per heavy atom. The van der Waals surface area contributed by atoms with Gasteiger partial charge in [0, 0.05) is 0 Å². The van der Waals surface area contributed by atoms with Crippen LogP contribution in [0.15, 0.2) is 33.1 Å². The Morgan fingerprint density at radius 3 is 2.00 bits per heavy atom. The van der Waals surface area contributed by atoms with Gasteiger partial charge < -0.3 is 0 Å². The molecule has 1 aromatic carbocycles. The molecule has 0 fully saturated rings. The fourth-order valence-electron chi connectivity index (χ4n) is 0.963. The van der Waals surface area contributed by atoms with Gasteiger partial charge in [-0.1, -0.05) is 0 Å². The number of hydrogen-bond donors (Lipinski definition) is 3. The van der Waals surface area contributed by atoms with Crippen LogP contribution in [0, 0.1) is 5.53 Å². The Hall–Kier alpha value is -1.36. The zero-order valence-corrected chi connectivity index (χ0v) is 9.16. The summed E-state index contributed by atoms with van der Waals surface area (Å²) in [5, 5.41) is 2.75. The zero-order chi connectivity index (χ0) is 12.6. The predicted molar refractivity (Wildman–Crippen MR) is 50.9 cm³/mol. The van der Waals surface area contributed by atoms with Crippen LogP contribution in [0.1, 0.15) is 0 Å². The van der Waals surface area contributed by atoms with Gasteiger partial charge in [-0.15, -0.1) is 0 Å². The first-order valence-corrected chi connectivity index (χ1v) is 6.51. The molecule has 1 aromatic rings. The van der Waals surface area contributed by atoms with E-state index in [0.29, 0.717) is 6.07 Å². The highest BCUT2D eigenvalue weighted by Gasteiger charge is 2.19. The second-order valence-corrected chi connectivity index (χ2v) is 5.50. The summed E-state index contributed by atoms with van der Waals surface area (Å²) in [5.74, 6) is 0. The third-order valence-electron chi connectivity index (χ3n) is 1.63. The van der Waals surface area contributed by atoms with Crippen LogP contribution in [-0.4, -0.2) is 25.9 Å². The number of hydrogen-bond acceptors (Lipinski definition) is 6. The van der Waals surface area contributed by atoms with E-state index < -0.39 is 35.7 Å². The second-order valence-electron chi connectivity index (χ2n) is 2.69. The maximum Gasteiger partial charge on any atom is 0.296 e. The van der Waals surface area contributed by atoms with Crippen LogP contribution in [0.4, 0.5) is 5.69 Å².